The number of nitriles is 1. The Morgan fingerprint density at radius 2 is 2.15 bits per heavy atom. The van der Waals surface area contributed by atoms with Gasteiger partial charge in [0.05, 0.1) is 30.5 Å². The minimum absolute atomic E-state index is 0.416. The molecule has 7 heteroatoms. The van der Waals surface area contributed by atoms with E-state index in [1.165, 1.54) is 0 Å². The zero-order valence-electron chi connectivity index (χ0n) is 15.2. The first-order chi connectivity index (χ1) is 13.1. The first-order valence-corrected chi connectivity index (χ1v) is 8.82. The summed E-state index contributed by atoms with van der Waals surface area (Å²) < 4.78 is 5.35. The summed E-state index contributed by atoms with van der Waals surface area (Å²) in [6.45, 7) is 3.99. The molecular formula is C20H22N4O3. The molecule has 0 spiro atoms. The van der Waals surface area contributed by atoms with Crippen LogP contribution in [-0.2, 0) is 16.1 Å². The van der Waals surface area contributed by atoms with Crippen molar-refractivity contribution in [2.45, 2.75) is 12.5 Å². The summed E-state index contributed by atoms with van der Waals surface area (Å²) in [6, 6.07) is 10.7. The number of hydrogen-bond donors (Lipinski definition) is 2. The van der Waals surface area contributed by atoms with E-state index in [0.717, 1.165) is 38.4 Å². The first kappa shape index (κ1) is 18.8. The number of carboxylic acids is 1. The van der Waals surface area contributed by atoms with E-state index in [1.54, 1.807) is 37.5 Å². The normalized spacial score (nSPS) is 15.7. The second-order valence-corrected chi connectivity index (χ2v) is 6.41. The van der Waals surface area contributed by atoms with Gasteiger partial charge in [0.2, 0.25) is 0 Å². The Kier molecular flexibility index (Phi) is 6.01. The second kappa shape index (κ2) is 8.62. The van der Waals surface area contributed by atoms with Gasteiger partial charge in [-0.25, -0.2) is 0 Å². The van der Waals surface area contributed by atoms with Crippen LogP contribution in [0.15, 0.2) is 36.5 Å². The fourth-order valence-corrected chi connectivity index (χ4v) is 3.24. The molecule has 1 unspecified atom stereocenters. The fourth-order valence-electron chi connectivity index (χ4n) is 3.24. The minimum atomic E-state index is -1.00. The highest BCUT2D eigenvalue weighted by atomic mass is 16.5. The summed E-state index contributed by atoms with van der Waals surface area (Å²) in [5, 5.41) is 22.0. The Morgan fingerprint density at radius 3 is 2.74 bits per heavy atom. The Hall–Kier alpha value is -2.95. The average Bonchev–Trinajstić information content (AvgIpc) is 2.70. The Bertz CT molecular complexity index is 839. The lowest BCUT2D eigenvalue weighted by molar-refractivity contribution is -0.137. The van der Waals surface area contributed by atoms with Gasteiger partial charge in [-0.3, -0.25) is 14.7 Å². The van der Waals surface area contributed by atoms with Gasteiger partial charge in [-0.1, -0.05) is 6.07 Å². The smallest absolute Gasteiger partial charge is 0.317 e. The summed E-state index contributed by atoms with van der Waals surface area (Å²) in [7, 11) is 1.72. The van der Waals surface area contributed by atoms with Gasteiger partial charge < -0.3 is 15.2 Å². The topological polar surface area (TPSA) is 98.5 Å². The summed E-state index contributed by atoms with van der Waals surface area (Å²) in [5.41, 5.74) is 3.08. The number of rotatable bonds is 6. The van der Waals surface area contributed by atoms with Gasteiger partial charge in [0.1, 0.15) is 5.92 Å². The van der Waals surface area contributed by atoms with Crippen molar-refractivity contribution in [1.29, 1.82) is 5.26 Å². The van der Waals surface area contributed by atoms with Crippen LogP contribution >= 0.6 is 0 Å². The molecule has 1 aromatic heterocycles. The van der Waals surface area contributed by atoms with Crippen LogP contribution in [0.2, 0.25) is 0 Å². The van der Waals surface area contributed by atoms with Crippen molar-refractivity contribution in [2.24, 2.45) is 0 Å². The van der Waals surface area contributed by atoms with E-state index >= 15 is 0 Å². The number of carbonyl (C=O) groups is 1. The lowest BCUT2D eigenvalue weighted by Crippen LogP contribution is -2.35. The van der Waals surface area contributed by atoms with Crippen molar-refractivity contribution >= 4 is 11.7 Å². The lowest BCUT2D eigenvalue weighted by Gasteiger charge is -2.26. The number of aliphatic carboxylic acids is 1. The van der Waals surface area contributed by atoms with Crippen LogP contribution in [-0.4, -0.2) is 54.3 Å². The highest BCUT2D eigenvalue weighted by Crippen LogP contribution is 2.31. The van der Waals surface area contributed by atoms with Crippen molar-refractivity contribution in [2.75, 3.05) is 38.7 Å². The fraction of sp³-hybridized carbons (Fsp3) is 0.350. The molecule has 1 aliphatic heterocycles. The van der Waals surface area contributed by atoms with E-state index in [4.69, 9.17) is 10.00 Å². The number of carboxylic acid groups (broad SMARTS) is 1. The van der Waals surface area contributed by atoms with E-state index in [2.05, 4.69) is 21.3 Å². The lowest BCUT2D eigenvalue weighted by atomic mass is 9.92. The third-order valence-corrected chi connectivity index (χ3v) is 4.66. The van der Waals surface area contributed by atoms with Crippen LogP contribution in [0.3, 0.4) is 0 Å². The maximum Gasteiger partial charge on any atom is 0.317 e. The third kappa shape index (κ3) is 4.42. The van der Waals surface area contributed by atoms with Gasteiger partial charge in [0.15, 0.2) is 0 Å². The molecule has 2 aromatic rings. The minimum Gasteiger partial charge on any atom is -0.480 e. The average molecular weight is 366 g/mol. The molecule has 140 valence electrons. The monoisotopic (exact) mass is 366 g/mol. The van der Waals surface area contributed by atoms with Crippen LogP contribution < -0.4 is 5.32 Å². The zero-order chi connectivity index (χ0) is 19.2. The van der Waals surface area contributed by atoms with Crippen molar-refractivity contribution in [3.8, 4) is 6.07 Å². The molecule has 27 heavy (non-hydrogen) atoms. The second-order valence-electron chi connectivity index (χ2n) is 6.41. The van der Waals surface area contributed by atoms with E-state index in [9.17, 15) is 9.90 Å². The number of nitrogens with zero attached hydrogens (tertiary/aromatic N) is 3. The van der Waals surface area contributed by atoms with E-state index < -0.39 is 11.9 Å². The van der Waals surface area contributed by atoms with Crippen molar-refractivity contribution in [1.82, 2.24) is 9.88 Å². The van der Waals surface area contributed by atoms with Crippen LogP contribution in [0, 0.1) is 11.3 Å². The van der Waals surface area contributed by atoms with Crippen LogP contribution in [0.1, 0.15) is 28.3 Å². The third-order valence-electron chi connectivity index (χ3n) is 4.66. The number of ether oxygens (including phenoxy) is 1. The molecule has 7 nitrogen and oxygen atoms in total. The molecule has 2 heterocycles. The van der Waals surface area contributed by atoms with E-state index in [1.807, 2.05) is 6.07 Å². The number of morpholine rings is 1. The molecule has 1 saturated heterocycles. The standard InChI is InChI=1S/C20H22N4O3/c1-22-17-4-2-14(11-21)10-16(17)19(20(25)26)18-5-3-15(12-23-18)13-24-6-8-27-9-7-24/h2-5,10,12,19,22H,6-9,13H2,1H3,(H,25,26). The Balaban J connectivity index is 1.87. The van der Waals surface area contributed by atoms with Crippen molar-refractivity contribution in [3.05, 3.63) is 58.9 Å². The van der Waals surface area contributed by atoms with Crippen molar-refractivity contribution in [3.63, 3.8) is 0 Å². The van der Waals surface area contributed by atoms with Gasteiger partial charge in [-0.2, -0.15) is 5.26 Å². The number of benzene rings is 1. The van der Waals surface area contributed by atoms with Gasteiger partial charge in [0.25, 0.3) is 0 Å². The van der Waals surface area contributed by atoms with Crippen LogP contribution in [0.4, 0.5) is 5.69 Å². The van der Waals surface area contributed by atoms with Gasteiger partial charge >= 0.3 is 5.97 Å². The molecule has 1 fully saturated rings. The highest BCUT2D eigenvalue weighted by molar-refractivity contribution is 5.82. The summed E-state index contributed by atoms with van der Waals surface area (Å²) in [4.78, 5) is 18.7. The molecule has 0 saturated carbocycles. The summed E-state index contributed by atoms with van der Waals surface area (Å²) in [6.07, 6.45) is 1.73. The Morgan fingerprint density at radius 1 is 1.37 bits per heavy atom. The predicted molar refractivity (Wildman–Crippen MR) is 101 cm³/mol. The number of nitrogens with one attached hydrogen (secondary N) is 1. The summed E-state index contributed by atoms with van der Waals surface area (Å²) >= 11 is 0. The van der Waals surface area contributed by atoms with Crippen molar-refractivity contribution < 1.29 is 14.6 Å². The molecule has 3 rings (SSSR count). The zero-order valence-corrected chi connectivity index (χ0v) is 15.2. The molecule has 0 radical (unpaired) electrons. The first-order valence-electron chi connectivity index (χ1n) is 8.82. The molecule has 1 aliphatic rings. The molecule has 1 atom stereocenters. The number of pyridine rings is 1. The SMILES string of the molecule is CNc1ccc(C#N)cc1C(C(=O)O)c1ccc(CN2CCOCC2)cn1. The molecule has 1 aromatic carbocycles. The quantitative estimate of drug-likeness (QED) is 0.807. The van der Waals surface area contributed by atoms with Gasteiger partial charge in [-0.05, 0) is 35.4 Å². The number of anilines is 1. The molecule has 0 aliphatic carbocycles. The highest BCUT2D eigenvalue weighted by Gasteiger charge is 2.26. The molecule has 0 amide bonds. The van der Waals surface area contributed by atoms with E-state index in [-0.39, 0.29) is 0 Å². The van der Waals surface area contributed by atoms with Gasteiger partial charge in [-0.15, -0.1) is 0 Å². The number of aromatic nitrogens is 1. The maximum absolute atomic E-state index is 12.0. The molecule has 0 bridgehead atoms. The van der Waals surface area contributed by atoms with Crippen LogP contribution in [0.25, 0.3) is 0 Å². The van der Waals surface area contributed by atoms with E-state index in [0.29, 0.717) is 22.5 Å². The summed E-state index contributed by atoms with van der Waals surface area (Å²) in [5.74, 6) is -1.95. The maximum atomic E-state index is 12.0. The largest absolute Gasteiger partial charge is 0.480 e. The van der Waals surface area contributed by atoms with Crippen LogP contribution in [0.5, 0.6) is 0 Å². The van der Waals surface area contributed by atoms with Gasteiger partial charge in [0, 0.05) is 38.6 Å². The molecular weight excluding hydrogens is 344 g/mol. The molecule has 2 N–H and O–H groups in total. The number of hydrogen-bond acceptors (Lipinski definition) is 6. The predicted octanol–water partition coefficient (Wildman–Crippen LogP) is 2.04. The Labute approximate surface area is 158 Å².